The molecule has 0 fully saturated rings. The lowest BCUT2D eigenvalue weighted by Gasteiger charge is -2.27. The van der Waals surface area contributed by atoms with Crippen LogP contribution in [0.5, 0.6) is 5.75 Å². The van der Waals surface area contributed by atoms with Crippen LogP contribution >= 0.6 is 0 Å². The van der Waals surface area contributed by atoms with E-state index in [9.17, 15) is 4.79 Å². The molecule has 0 N–H and O–H groups in total. The molecule has 1 atom stereocenters. The molecule has 2 aromatic carbocycles. The number of benzene rings is 2. The molecule has 1 unspecified atom stereocenters. The third-order valence-corrected chi connectivity index (χ3v) is 4.45. The third kappa shape index (κ3) is 1.48. The van der Waals surface area contributed by atoms with Crippen molar-refractivity contribution in [3.8, 4) is 5.75 Å². The summed E-state index contributed by atoms with van der Waals surface area (Å²) >= 11 is 0. The van der Waals surface area contributed by atoms with Gasteiger partial charge in [-0.15, -0.1) is 0 Å². The minimum atomic E-state index is 0.190. The fourth-order valence-electron chi connectivity index (χ4n) is 3.56. The Morgan fingerprint density at radius 2 is 2.00 bits per heavy atom. The van der Waals surface area contributed by atoms with Crippen molar-refractivity contribution < 1.29 is 9.53 Å². The fraction of sp³-hybridized carbons (Fsp3) is 0.278. The van der Waals surface area contributed by atoms with E-state index >= 15 is 0 Å². The smallest absolute Gasteiger partial charge is 0.163 e. The van der Waals surface area contributed by atoms with E-state index in [1.807, 2.05) is 12.1 Å². The van der Waals surface area contributed by atoms with Crippen LogP contribution in [-0.2, 0) is 4.79 Å². The zero-order valence-corrected chi connectivity index (χ0v) is 11.5. The Bertz CT molecular complexity index is 755. The largest absolute Gasteiger partial charge is 0.461 e. The van der Waals surface area contributed by atoms with Crippen molar-refractivity contribution in [3.05, 3.63) is 53.3 Å². The maximum absolute atomic E-state index is 12.2. The lowest BCUT2D eigenvalue weighted by atomic mass is 9.83. The van der Waals surface area contributed by atoms with Crippen LogP contribution in [0, 0.1) is 0 Å². The van der Waals surface area contributed by atoms with Crippen LogP contribution < -0.4 is 4.74 Å². The summed E-state index contributed by atoms with van der Waals surface area (Å²) in [5.41, 5.74) is 2.12. The highest BCUT2D eigenvalue weighted by Gasteiger charge is 2.37. The van der Waals surface area contributed by atoms with Gasteiger partial charge in [-0.2, -0.15) is 0 Å². The van der Waals surface area contributed by atoms with Gasteiger partial charge in [0.25, 0.3) is 0 Å². The van der Waals surface area contributed by atoms with Crippen LogP contribution in [0.4, 0.5) is 0 Å². The normalized spacial score (nSPS) is 20.9. The number of hydrogen-bond donors (Lipinski definition) is 0. The van der Waals surface area contributed by atoms with Gasteiger partial charge in [0.1, 0.15) is 11.5 Å². The van der Waals surface area contributed by atoms with Crippen LogP contribution in [0.25, 0.3) is 10.8 Å². The number of carbonyl (C=O) groups excluding carboxylic acids is 1. The summed E-state index contributed by atoms with van der Waals surface area (Å²) in [4.78, 5) is 12.2. The van der Waals surface area contributed by atoms with E-state index < -0.39 is 0 Å². The summed E-state index contributed by atoms with van der Waals surface area (Å²) in [6, 6.07) is 12.5. The van der Waals surface area contributed by atoms with Gasteiger partial charge in [0.15, 0.2) is 5.78 Å². The van der Waals surface area contributed by atoms with Gasteiger partial charge in [0.05, 0.1) is 0 Å². The van der Waals surface area contributed by atoms with E-state index in [-0.39, 0.29) is 11.7 Å². The van der Waals surface area contributed by atoms with E-state index in [0.717, 1.165) is 29.9 Å². The average molecular weight is 264 g/mol. The number of carbonyl (C=O) groups is 1. The molecule has 0 saturated heterocycles. The first kappa shape index (κ1) is 11.7. The van der Waals surface area contributed by atoms with Gasteiger partial charge in [-0.1, -0.05) is 37.3 Å². The number of ether oxygens (including phenoxy) is 1. The van der Waals surface area contributed by atoms with Crippen LogP contribution in [0.1, 0.15) is 37.7 Å². The lowest BCUT2D eigenvalue weighted by Crippen LogP contribution is -2.16. The monoisotopic (exact) mass is 264 g/mol. The molecule has 0 radical (unpaired) electrons. The summed E-state index contributed by atoms with van der Waals surface area (Å²) in [5, 5.41) is 2.42. The second-order valence-corrected chi connectivity index (χ2v) is 5.52. The van der Waals surface area contributed by atoms with E-state index in [0.29, 0.717) is 6.42 Å². The predicted octanol–water partition coefficient (Wildman–Crippen LogP) is 4.34. The molecule has 2 aliphatic rings. The highest BCUT2D eigenvalue weighted by atomic mass is 16.5. The minimum absolute atomic E-state index is 0.190. The number of rotatable bonds is 1. The zero-order chi connectivity index (χ0) is 13.7. The fourth-order valence-corrected chi connectivity index (χ4v) is 3.56. The molecule has 20 heavy (non-hydrogen) atoms. The molecule has 1 heterocycles. The number of allylic oxidation sites excluding steroid dienone is 2. The first-order valence-electron chi connectivity index (χ1n) is 7.25. The van der Waals surface area contributed by atoms with Gasteiger partial charge in [0, 0.05) is 29.9 Å². The molecule has 0 aromatic heterocycles. The van der Waals surface area contributed by atoms with Gasteiger partial charge < -0.3 is 4.74 Å². The first-order chi connectivity index (χ1) is 9.79. The van der Waals surface area contributed by atoms with Crippen molar-refractivity contribution in [2.75, 3.05) is 0 Å². The molecule has 0 amide bonds. The molecule has 0 bridgehead atoms. The minimum Gasteiger partial charge on any atom is -0.461 e. The van der Waals surface area contributed by atoms with Crippen LogP contribution in [0.2, 0.25) is 0 Å². The summed E-state index contributed by atoms with van der Waals surface area (Å²) < 4.78 is 6.03. The molecule has 4 rings (SSSR count). The highest BCUT2D eigenvalue weighted by molar-refractivity contribution is 6.02. The molecule has 2 aromatic rings. The van der Waals surface area contributed by atoms with Crippen LogP contribution in [0.3, 0.4) is 0 Å². The first-order valence-corrected chi connectivity index (χ1v) is 7.25. The van der Waals surface area contributed by atoms with Crippen molar-refractivity contribution >= 4 is 16.6 Å². The molecular weight excluding hydrogens is 248 g/mol. The Morgan fingerprint density at radius 1 is 1.15 bits per heavy atom. The Hall–Kier alpha value is -2.09. The third-order valence-electron chi connectivity index (χ3n) is 4.45. The Morgan fingerprint density at radius 3 is 2.85 bits per heavy atom. The van der Waals surface area contributed by atoms with Crippen LogP contribution in [-0.4, -0.2) is 5.78 Å². The van der Waals surface area contributed by atoms with E-state index in [1.54, 1.807) is 0 Å². The molecule has 2 nitrogen and oxygen atoms in total. The van der Waals surface area contributed by atoms with Crippen molar-refractivity contribution in [3.63, 3.8) is 0 Å². The summed E-state index contributed by atoms with van der Waals surface area (Å²) in [5.74, 6) is 2.30. The summed E-state index contributed by atoms with van der Waals surface area (Å²) in [6.45, 7) is 2.15. The zero-order valence-electron chi connectivity index (χ0n) is 11.5. The molecular formula is C18H16O2. The van der Waals surface area contributed by atoms with Gasteiger partial charge >= 0.3 is 0 Å². The quantitative estimate of drug-likeness (QED) is 0.765. The Labute approximate surface area is 118 Å². The number of ketones is 1. The highest BCUT2D eigenvalue weighted by Crippen LogP contribution is 2.48. The summed E-state index contributed by atoms with van der Waals surface area (Å²) in [7, 11) is 0. The topological polar surface area (TPSA) is 26.3 Å². The Kier molecular flexibility index (Phi) is 2.46. The van der Waals surface area contributed by atoms with Gasteiger partial charge in [-0.05, 0) is 23.3 Å². The summed E-state index contributed by atoms with van der Waals surface area (Å²) in [6.07, 6.45) is 2.30. The second kappa shape index (κ2) is 4.20. The lowest BCUT2D eigenvalue weighted by molar-refractivity contribution is -0.115. The number of Topliss-reactive ketones (excluding diaryl/α,β-unsaturated/α-hetero) is 1. The maximum Gasteiger partial charge on any atom is 0.163 e. The molecule has 0 spiro atoms. The molecule has 1 aliphatic carbocycles. The van der Waals surface area contributed by atoms with Crippen LogP contribution in [0.15, 0.2) is 47.7 Å². The van der Waals surface area contributed by atoms with Crippen molar-refractivity contribution in [2.45, 2.75) is 32.1 Å². The van der Waals surface area contributed by atoms with Gasteiger partial charge in [-0.25, -0.2) is 0 Å². The Balaban J connectivity index is 2.01. The van der Waals surface area contributed by atoms with Crippen molar-refractivity contribution in [2.24, 2.45) is 0 Å². The molecule has 0 saturated carbocycles. The van der Waals surface area contributed by atoms with Crippen molar-refractivity contribution in [1.82, 2.24) is 0 Å². The molecule has 2 heteroatoms. The average Bonchev–Trinajstić information content (AvgIpc) is 2.86. The predicted molar refractivity (Wildman–Crippen MR) is 78.9 cm³/mol. The van der Waals surface area contributed by atoms with Crippen molar-refractivity contribution in [1.29, 1.82) is 0 Å². The maximum atomic E-state index is 12.2. The van der Waals surface area contributed by atoms with Gasteiger partial charge in [-0.3, -0.25) is 4.79 Å². The van der Waals surface area contributed by atoms with E-state index in [2.05, 4.69) is 31.2 Å². The molecule has 100 valence electrons. The molecule has 1 aliphatic heterocycles. The SMILES string of the molecule is CCC1C2=C(CCC2=O)Oc2ccc3ccccc3c21. The van der Waals surface area contributed by atoms with Gasteiger partial charge in [0.2, 0.25) is 0 Å². The standard InChI is InChI=1S/C18H16O2/c1-2-12-17-13-6-4-3-5-11(13)7-9-15(17)20-16-10-8-14(19)18(12)16/h3-7,9,12H,2,8,10H2,1H3. The number of hydrogen-bond acceptors (Lipinski definition) is 2. The number of fused-ring (bicyclic) bond motifs is 3. The second-order valence-electron chi connectivity index (χ2n) is 5.52. The van der Waals surface area contributed by atoms with E-state index in [4.69, 9.17) is 4.74 Å². The van der Waals surface area contributed by atoms with E-state index in [1.165, 1.54) is 16.3 Å².